The molecule has 4 saturated heterocycles. The van der Waals surface area contributed by atoms with E-state index in [0.717, 1.165) is 17.2 Å². The molecule has 0 bridgehead atoms. The Labute approximate surface area is 386 Å². The minimum atomic E-state index is -1.48. The fourth-order valence-electron chi connectivity index (χ4n) is 12.1. The van der Waals surface area contributed by atoms with Crippen molar-refractivity contribution in [2.24, 2.45) is 41.4 Å². The van der Waals surface area contributed by atoms with E-state index < -0.39 is 95.0 Å². The zero-order valence-electron chi connectivity index (χ0n) is 40.4. The lowest BCUT2D eigenvalue weighted by molar-refractivity contribution is -0.408. The molecule has 2 aromatic rings. The molecule has 2 aromatic carbocycles. The number of aliphatic carboxylic acids is 1. The Bertz CT molecular complexity index is 2050. The molecule has 18 atom stereocenters. The SMILES string of the molecule is CC[C@@H](C(=O)[C@@H](C)[C@@H](O)[C@H](C)[C@@H]1O[C@@H]([C@@H](CC)C(=O)O)CC[C@@H]1C)[C@H]1O[C@]2(C=C[C@@H](OC(=O)c3ccc4ccccc4c3)[C@]3(CC[C@@](C)([C@H]4CC[C@](O)(CC)[C@H](C)O4)O3)O2)[C@H](C)C[C@@H]1C. The highest BCUT2D eigenvalue weighted by molar-refractivity contribution is 5.95. The van der Waals surface area contributed by atoms with Crippen LogP contribution in [0.2, 0.25) is 0 Å². The van der Waals surface area contributed by atoms with Gasteiger partial charge in [-0.15, -0.1) is 0 Å². The third kappa shape index (κ3) is 9.48. The van der Waals surface area contributed by atoms with Crippen LogP contribution in [0, 0.1) is 41.4 Å². The van der Waals surface area contributed by atoms with Crippen LogP contribution in [-0.2, 0) is 38.0 Å². The van der Waals surface area contributed by atoms with E-state index in [0.29, 0.717) is 63.4 Å². The van der Waals surface area contributed by atoms with Gasteiger partial charge >= 0.3 is 11.9 Å². The number of carboxylic acid groups (broad SMARTS) is 1. The number of Topliss-reactive ketones (excluding diaryl/α,β-unsaturated/α-hetero) is 1. The van der Waals surface area contributed by atoms with Gasteiger partial charge in [-0.2, -0.15) is 0 Å². The van der Waals surface area contributed by atoms with Gasteiger partial charge in [0.2, 0.25) is 5.79 Å². The summed E-state index contributed by atoms with van der Waals surface area (Å²) in [6.07, 6.45) is 5.07. The number of aliphatic hydroxyl groups is 2. The van der Waals surface area contributed by atoms with Crippen molar-refractivity contribution < 1.29 is 58.1 Å². The second-order valence-corrected chi connectivity index (χ2v) is 20.9. The van der Waals surface area contributed by atoms with Crippen LogP contribution < -0.4 is 0 Å². The topological polar surface area (TPSA) is 167 Å². The standard InChI is InChI=1S/C53H76O12/c1-11-39(48(56)57)41-21-18-30(4)46(61-41)34(8)44(54)33(7)45(55)40(12-2)47-31(5)28-32(6)52(63-47)25-23-43(62-49(58)38-20-19-36-16-14-15-17-37(36)29-38)53(65-52)27-26-50(10,64-53)42-22-24-51(59,13-3)35(9)60-42/h14-17,19-20,23,25,29-35,39-44,46-47,54,59H,11-13,18,21-22,24,26-28H2,1-10H3,(H,56,57)/t30-,31-,32+,33-,34-,35-,39+,40-,41+,42+,43+,44+,46+,47-,50-,51+,52-,53-/m0/s1. The fourth-order valence-corrected chi connectivity index (χ4v) is 12.1. The van der Waals surface area contributed by atoms with Crippen LogP contribution in [0.1, 0.15) is 144 Å². The van der Waals surface area contributed by atoms with Crippen molar-refractivity contribution in [3.8, 4) is 0 Å². The van der Waals surface area contributed by atoms with E-state index in [1.54, 1.807) is 13.0 Å². The smallest absolute Gasteiger partial charge is 0.338 e. The van der Waals surface area contributed by atoms with E-state index in [9.17, 15) is 29.7 Å². The molecule has 0 radical (unpaired) electrons. The summed E-state index contributed by atoms with van der Waals surface area (Å²) in [5.41, 5.74) is -1.39. The van der Waals surface area contributed by atoms with E-state index in [1.807, 2.05) is 90.1 Å². The number of fused-ring (bicyclic) bond motifs is 1. The lowest BCUT2D eigenvalue weighted by Gasteiger charge is -2.54. The number of aliphatic hydroxyl groups excluding tert-OH is 1. The first-order chi connectivity index (χ1) is 30.7. The van der Waals surface area contributed by atoms with Crippen molar-refractivity contribution in [2.45, 2.75) is 199 Å². The molecular formula is C53H76O12. The maximum atomic E-state index is 14.8. The van der Waals surface area contributed by atoms with E-state index in [2.05, 4.69) is 20.8 Å². The minimum Gasteiger partial charge on any atom is -0.481 e. The summed E-state index contributed by atoms with van der Waals surface area (Å²) in [7, 11) is 0. The Morgan fingerprint density at radius 3 is 2.22 bits per heavy atom. The van der Waals surface area contributed by atoms with Gasteiger partial charge in [-0.25, -0.2) is 4.79 Å². The lowest BCUT2D eigenvalue weighted by atomic mass is 9.72. The molecule has 2 spiro atoms. The Hall–Kier alpha value is -3.23. The highest BCUT2D eigenvalue weighted by atomic mass is 16.8. The highest BCUT2D eigenvalue weighted by Gasteiger charge is 2.64. The number of rotatable bonds is 14. The first kappa shape index (κ1) is 49.7. The van der Waals surface area contributed by atoms with Crippen LogP contribution in [0.5, 0.6) is 0 Å². The van der Waals surface area contributed by atoms with Crippen LogP contribution in [0.4, 0.5) is 0 Å². The quantitative estimate of drug-likeness (QED) is 0.122. The summed E-state index contributed by atoms with van der Waals surface area (Å²) in [5, 5.41) is 35.0. The molecule has 4 fully saturated rings. The molecule has 0 saturated carbocycles. The van der Waals surface area contributed by atoms with Gasteiger partial charge in [0.05, 0.1) is 59.3 Å². The van der Waals surface area contributed by atoms with Crippen molar-refractivity contribution >= 4 is 28.5 Å². The van der Waals surface area contributed by atoms with Crippen LogP contribution >= 0.6 is 0 Å². The summed E-state index contributed by atoms with van der Waals surface area (Å²) in [6, 6.07) is 13.3. The fraction of sp³-hybridized carbons (Fsp3) is 0.717. The zero-order chi connectivity index (χ0) is 47.2. The van der Waals surface area contributed by atoms with Gasteiger partial charge in [-0.1, -0.05) is 85.7 Å². The summed E-state index contributed by atoms with van der Waals surface area (Å²) < 4.78 is 41.1. The van der Waals surface area contributed by atoms with Gasteiger partial charge in [-0.3, -0.25) is 9.59 Å². The summed E-state index contributed by atoms with van der Waals surface area (Å²) in [5.74, 6) is -6.87. The van der Waals surface area contributed by atoms with E-state index in [-0.39, 0.29) is 29.6 Å². The second kappa shape index (κ2) is 19.4. The zero-order valence-corrected chi connectivity index (χ0v) is 40.4. The Morgan fingerprint density at radius 1 is 0.846 bits per heavy atom. The number of esters is 1. The van der Waals surface area contributed by atoms with Crippen molar-refractivity contribution in [3.05, 3.63) is 60.2 Å². The predicted octanol–water partition coefficient (Wildman–Crippen LogP) is 9.21. The van der Waals surface area contributed by atoms with Gasteiger partial charge in [0.1, 0.15) is 5.78 Å². The molecule has 3 N–H and O–H groups in total. The van der Waals surface area contributed by atoms with Crippen LogP contribution in [-0.4, -0.2) is 98.5 Å². The van der Waals surface area contributed by atoms with Crippen molar-refractivity contribution in [3.63, 3.8) is 0 Å². The second-order valence-electron chi connectivity index (χ2n) is 20.9. The van der Waals surface area contributed by atoms with Gasteiger partial charge < -0.3 is 43.7 Å². The van der Waals surface area contributed by atoms with Gasteiger partial charge in [0, 0.05) is 30.1 Å². The number of hydrogen-bond donors (Lipinski definition) is 3. The predicted molar refractivity (Wildman–Crippen MR) is 246 cm³/mol. The number of carbonyl (C=O) groups is 3. The molecular weight excluding hydrogens is 829 g/mol. The molecule has 5 heterocycles. The normalized spacial score (nSPS) is 39.7. The number of ether oxygens (including phenoxy) is 6. The molecule has 0 amide bonds. The Morgan fingerprint density at radius 2 is 1.55 bits per heavy atom. The average Bonchev–Trinajstić information content (AvgIpc) is 3.63. The van der Waals surface area contributed by atoms with Gasteiger partial charge in [0.15, 0.2) is 11.9 Å². The van der Waals surface area contributed by atoms with Crippen LogP contribution in [0.15, 0.2) is 54.6 Å². The molecule has 0 aromatic heterocycles. The average molecular weight is 905 g/mol. The largest absolute Gasteiger partial charge is 0.481 e. The molecule has 7 rings (SSSR count). The molecule has 12 heteroatoms. The van der Waals surface area contributed by atoms with Gasteiger partial charge in [-0.05, 0) is 119 Å². The van der Waals surface area contributed by atoms with E-state index >= 15 is 0 Å². The van der Waals surface area contributed by atoms with Crippen molar-refractivity contribution in [1.82, 2.24) is 0 Å². The third-order valence-electron chi connectivity index (χ3n) is 16.6. The first-order valence-corrected chi connectivity index (χ1v) is 24.7. The van der Waals surface area contributed by atoms with E-state index in [4.69, 9.17) is 28.4 Å². The monoisotopic (exact) mass is 905 g/mol. The molecule has 65 heavy (non-hydrogen) atoms. The number of hydrogen-bond acceptors (Lipinski definition) is 11. The van der Waals surface area contributed by atoms with Crippen molar-refractivity contribution in [2.75, 3.05) is 0 Å². The highest BCUT2D eigenvalue weighted by Crippen LogP contribution is 2.55. The van der Waals surface area contributed by atoms with E-state index in [1.165, 1.54) is 0 Å². The summed E-state index contributed by atoms with van der Waals surface area (Å²) in [6.45, 7) is 19.6. The minimum absolute atomic E-state index is 0.0450. The molecule has 360 valence electrons. The summed E-state index contributed by atoms with van der Waals surface area (Å²) >= 11 is 0. The summed E-state index contributed by atoms with van der Waals surface area (Å²) in [4.78, 5) is 40.9. The molecule has 12 nitrogen and oxygen atoms in total. The molecule has 0 aliphatic carbocycles. The molecule has 5 aliphatic heterocycles. The van der Waals surface area contributed by atoms with Crippen LogP contribution in [0.25, 0.3) is 10.8 Å². The maximum absolute atomic E-state index is 14.8. The Balaban J connectivity index is 1.15. The number of ketones is 1. The van der Waals surface area contributed by atoms with Crippen molar-refractivity contribution in [1.29, 1.82) is 0 Å². The molecule has 5 aliphatic rings. The number of carboxylic acids is 1. The number of carbonyl (C=O) groups excluding carboxylic acids is 2. The number of benzene rings is 2. The Kier molecular flexibility index (Phi) is 14.8. The molecule has 0 unspecified atom stereocenters. The van der Waals surface area contributed by atoms with Gasteiger partial charge in [0.25, 0.3) is 0 Å². The third-order valence-corrected chi connectivity index (χ3v) is 16.6. The maximum Gasteiger partial charge on any atom is 0.338 e. The van der Waals surface area contributed by atoms with Crippen LogP contribution in [0.3, 0.4) is 0 Å². The lowest BCUT2D eigenvalue weighted by Crippen LogP contribution is -2.63. The first-order valence-electron chi connectivity index (χ1n) is 24.7.